The normalized spacial score (nSPS) is 13.2. The maximum atomic E-state index is 13.6. The highest BCUT2D eigenvalue weighted by molar-refractivity contribution is 6.53. The fourth-order valence-electron chi connectivity index (χ4n) is 4.54. The number of aromatic nitrogens is 2. The van der Waals surface area contributed by atoms with Gasteiger partial charge in [0.15, 0.2) is 5.71 Å². The van der Waals surface area contributed by atoms with Gasteiger partial charge in [-0.3, -0.25) is 14.4 Å². The molecule has 14 heteroatoms. The molecule has 0 saturated heterocycles. The predicted octanol–water partition coefficient (Wildman–Crippen LogP) is 4.27. The van der Waals surface area contributed by atoms with Crippen LogP contribution in [0.25, 0.3) is 0 Å². The van der Waals surface area contributed by atoms with E-state index in [9.17, 15) is 18.8 Å². The Hall–Kier alpha value is -5.56. The van der Waals surface area contributed by atoms with Crippen LogP contribution in [0.3, 0.4) is 0 Å². The minimum atomic E-state index is -0.491. The minimum absolute atomic E-state index is 0.00216. The van der Waals surface area contributed by atoms with Gasteiger partial charge < -0.3 is 32.0 Å². The number of nitrogens with two attached hydrogens (primary N) is 1. The van der Waals surface area contributed by atoms with E-state index in [2.05, 4.69) is 41.4 Å². The molecule has 7 N–H and O–H groups in total. The van der Waals surface area contributed by atoms with Crippen LogP contribution in [0, 0.1) is 19.7 Å². The molecule has 12 nitrogen and oxygen atoms in total. The van der Waals surface area contributed by atoms with Crippen LogP contribution in [0.1, 0.15) is 43.2 Å². The van der Waals surface area contributed by atoms with Crippen LogP contribution in [-0.2, 0) is 4.79 Å². The number of carbonyl (C=O) groups is 3. The quantitative estimate of drug-likeness (QED) is 0.0708. The van der Waals surface area contributed by atoms with Crippen LogP contribution in [0.2, 0.25) is 5.02 Å². The number of rotatable bonds is 9. The number of carbonyl (C=O) groups excluding carboxylic acids is 3. The zero-order chi connectivity index (χ0) is 31.4. The Morgan fingerprint density at radius 3 is 2.66 bits per heavy atom. The van der Waals surface area contributed by atoms with E-state index in [1.807, 2.05) is 0 Å². The molecule has 0 radical (unpaired) electrons. The lowest BCUT2D eigenvalue weighted by molar-refractivity contribution is -0.110. The molecule has 4 aromatic rings. The fraction of sp³-hybridized carbons (Fsp3) is 0.133. The van der Waals surface area contributed by atoms with Gasteiger partial charge in [0, 0.05) is 35.6 Å². The lowest BCUT2D eigenvalue weighted by atomic mass is 10.1. The van der Waals surface area contributed by atoms with E-state index in [0.717, 1.165) is 0 Å². The van der Waals surface area contributed by atoms with E-state index >= 15 is 0 Å². The van der Waals surface area contributed by atoms with Crippen molar-refractivity contribution in [3.63, 3.8) is 0 Å². The lowest BCUT2D eigenvalue weighted by Gasteiger charge is -2.10. The molecule has 0 unspecified atom stereocenters. The van der Waals surface area contributed by atoms with E-state index in [4.69, 9.17) is 17.3 Å². The molecular formula is C30H27ClFN9O3. The average Bonchev–Trinajstić information content (AvgIpc) is 3.46. The third kappa shape index (κ3) is 6.57. The van der Waals surface area contributed by atoms with E-state index in [0.29, 0.717) is 74.6 Å². The molecule has 2 aromatic carbocycles. The van der Waals surface area contributed by atoms with Crippen molar-refractivity contribution in [1.82, 2.24) is 15.3 Å². The standard InChI is InChI=1S/C30H27ClFN9O3/c1-15-24(14-37-41-27-20-12-19(32)5-7-22(20)39-30(27)44)38-16(2)26(15)29(43)35-10-9-34-25-8-3-17(13-36-25)28(42)40-23-6-4-18(31)11-21(23)33/h3-8,11-14,38H,9-10,33H2,1-2H3,(H,34,36)(H,35,43)(H,40,42)(H,39,41,44). The van der Waals surface area contributed by atoms with Gasteiger partial charge in [0.05, 0.1) is 40.1 Å². The van der Waals surface area contributed by atoms with E-state index in [-0.39, 0.29) is 17.5 Å². The number of amides is 3. The number of nitrogens with zero attached hydrogens (tertiary/aromatic N) is 3. The van der Waals surface area contributed by atoms with Crippen LogP contribution in [0.15, 0.2) is 64.9 Å². The molecular weight excluding hydrogens is 589 g/mol. The van der Waals surface area contributed by atoms with Crippen LogP contribution in [0.5, 0.6) is 0 Å². The summed E-state index contributed by atoms with van der Waals surface area (Å²) in [6, 6.07) is 12.0. The number of fused-ring (bicyclic) bond motifs is 1. The maximum Gasteiger partial charge on any atom is 0.276 e. The molecule has 0 aliphatic carbocycles. The van der Waals surface area contributed by atoms with Crippen molar-refractivity contribution in [3.8, 4) is 0 Å². The maximum absolute atomic E-state index is 13.6. The largest absolute Gasteiger partial charge is 0.397 e. The van der Waals surface area contributed by atoms with Crippen molar-refractivity contribution in [2.75, 3.05) is 34.8 Å². The average molecular weight is 616 g/mol. The Morgan fingerprint density at radius 2 is 1.91 bits per heavy atom. The molecule has 0 saturated carbocycles. The Labute approximate surface area is 256 Å². The summed E-state index contributed by atoms with van der Waals surface area (Å²) in [5.41, 5.74) is 10.1. The highest BCUT2D eigenvalue weighted by Gasteiger charge is 2.26. The number of H-pyrrole nitrogens is 1. The van der Waals surface area contributed by atoms with Gasteiger partial charge >= 0.3 is 0 Å². The summed E-state index contributed by atoms with van der Waals surface area (Å²) in [6.07, 6.45) is 2.83. The van der Waals surface area contributed by atoms with Crippen molar-refractivity contribution < 1.29 is 18.8 Å². The predicted molar refractivity (Wildman–Crippen MR) is 168 cm³/mol. The molecule has 224 valence electrons. The zero-order valence-electron chi connectivity index (χ0n) is 23.6. The summed E-state index contributed by atoms with van der Waals surface area (Å²) in [6.45, 7) is 4.20. The van der Waals surface area contributed by atoms with Crippen molar-refractivity contribution in [2.45, 2.75) is 13.8 Å². The summed E-state index contributed by atoms with van der Waals surface area (Å²) in [7, 11) is 0. The van der Waals surface area contributed by atoms with Crippen LogP contribution < -0.4 is 27.0 Å². The first kappa shape index (κ1) is 29.9. The van der Waals surface area contributed by atoms with Crippen molar-refractivity contribution >= 4 is 64.1 Å². The number of aryl methyl sites for hydroxylation is 1. The highest BCUT2D eigenvalue weighted by Crippen LogP contribution is 2.25. The Kier molecular flexibility index (Phi) is 8.67. The van der Waals surface area contributed by atoms with Gasteiger partial charge in [0.25, 0.3) is 17.7 Å². The first-order valence-corrected chi connectivity index (χ1v) is 13.7. The van der Waals surface area contributed by atoms with Gasteiger partial charge in [-0.25, -0.2) is 9.37 Å². The van der Waals surface area contributed by atoms with Crippen molar-refractivity contribution in [3.05, 3.63) is 99.2 Å². The minimum Gasteiger partial charge on any atom is -0.397 e. The first-order chi connectivity index (χ1) is 21.1. The Morgan fingerprint density at radius 1 is 1.09 bits per heavy atom. The van der Waals surface area contributed by atoms with Crippen molar-refractivity contribution in [2.24, 2.45) is 10.2 Å². The van der Waals surface area contributed by atoms with Gasteiger partial charge in [0.2, 0.25) is 0 Å². The molecule has 0 atom stereocenters. The Balaban J connectivity index is 1.13. The third-order valence-electron chi connectivity index (χ3n) is 6.75. The van der Waals surface area contributed by atoms with Gasteiger partial charge in [-0.15, -0.1) is 5.10 Å². The molecule has 5 rings (SSSR count). The van der Waals surface area contributed by atoms with Crippen molar-refractivity contribution in [1.29, 1.82) is 0 Å². The SMILES string of the molecule is Cc1[nH]c(C=NN=C2C(=O)Nc3ccc(F)cc32)c(C)c1C(=O)NCCNc1ccc(C(=O)Nc2ccc(Cl)cc2N)cn1. The van der Waals surface area contributed by atoms with Gasteiger partial charge in [-0.05, 0) is 67.9 Å². The molecule has 0 spiro atoms. The number of halogens is 2. The zero-order valence-corrected chi connectivity index (χ0v) is 24.3. The summed E-state index contributed by atoms with van der Waals surface area (Å²) < 4.78 is 13.6. The number of anilines is 4. The monoisotopic (exact) mass is 615 g/mol. The molecule has 2 aromatic heterocycles. The number of aromatic amines is 1. The third-order valence-corrected chi connectivity index (χ3v) is 6.99. The topological polar surface area (TPSA) is 179 Å². The molecule has 0 fully saturated rings. The number of benzene rings is 2. The second-order valence-electron chi connectivity index (χ2n) is 9.80. The summed E-state index contributed by atoms with van der Waals surface area (Å²) in [5.74, 6) is -1.10. The van der Waals surface area contributed by atoms with E-state index in [1.54, 1.807) is 44.2 Å². The second kappa shape index (κ2) is 12.8. The molecule has 3 amide bonds. The van der Waals surface area contributed by atoms with Gasteiger partial charge in [0.1, 0.15) is 11.6 Å². The lowest BCUT2D eigenvalue weighted by Crippen LogP contribution is -2.29. The number of nitrogen functional groups attached to an aromatic ring is 1. The smallest absolute Gasteiger partial charge is 0.276 e. The van der Waals surface area contributed by atoms with Gasteiger partial charge in [-0.1, -0.05) is 11.6 Å². The second-order valence-corrected chi connectivity index (χ2v) is 10.2. The number of nitrogens with one attached hydrogen (secondary N) is 5. The summed E-state index contributed by atoms with van der Waals surface area (Å²) in [5, 5.41) is 19.7. The molecule has 0 bridgehead atoms. The summed E-state index contributed by atoms with van der Waals surface area (Å²) in [4.78, 5) is 45.0. The van der Waals surface area contributed by atoms with Crippen LogP contribution in [0.4, 0.5) is 27.3 Å². The molecule has 1 aliphatic rings. The molecule has 1 aliphatic heterocycles. The summed E-state index contributed by atoms with van der Waals surface area (Å²) >= 11 is 5.90. The van der Waals surface area contributed by atoms with E-state index < -0.39 is 11.7 Å². The first-order valence-electron chi connectivity index (χ1n) is 13.4. The van der Waals surface area contributed by atoms with Gasteiger partial charge in [-0.2, -0.15) is 5.10 Å². The fourth-order valence-corrected chi connectivity index (χ4v) is 4.72. The van der Waals surface area contributed by atoms with Crippen LogP contribution >= 0.6 is 11.6 Å². The number of hydrogen-bond donors (Lipinski definition) is 6. The number of hydrogen-bond acceptors (Lipinski definition) is 8. The molecule has 3 heterocycles. The van der Waals surface area contributed by atoms with E-state index in [1.165, 1.54) is 30.6 Å². The number of pyridine rings is 1. The highest BCUT2D eigenvalue weighted by atomic mass is 35.5. The van der Waals surface area contributed by atoms with Crippen LogP contribution in [-0.4, -0.2) is 52.7 Å². The molecule has 44 heavy (non-hydrogen) atoms. The Bertz CT molecular complexity index is 1830.